The minimum Gasteiger partial charge on any atom is -0.0984 e. The molecule has 0 unspecified atom stereocenters. The molecule has 0 aromatic carbocycles. The van der Waals surface area contributed by atoms with Crippen molar-refractivity contribution in [2.45, 2.75) is 0 Å². The SMILES string of the molecule is C=CC1=C(C=C)C(=C)C=C1. The highest BCUT2D eigenvalue weighted by Gasteiger charge is 2.05. The Balaban J connectivity index is 3.12. The molecule has 0 heteroatoms. The van der Waals surface area contributed by atoms with Crippen LogP contribution in [0.25, 0.3) is 0 Å². The highest BCUT2D eigenvalue weighted by molar-refractivity contribution is 5.59. The van der Waals surface area contributed by atoms with Crippen LogP contribution in [0.15, 0.2) is 60.8 Å². The molecule has 1 aliphatic carbocycles. The predicted molar refractivity (Wildman–Crippen MR) is 45.7 cm³/mol. The second kappa shape index (κ2) is 2.53. The molecule has 0 aliphatic heterocycles. The quantitative estimate of drug-likeness (QED) is 0.539. The highest BCUT2D eigenvalue weighted by Crippen LogP contribution is 2.24. The van der Waals surface area contributed by atoms with Gasteiger partial charge in [0.05, 0.1) is 0 Å². The molecule has 0 nitrogen and oxygen atoms in total. The van der Waals surface area contributed by atoms with E-state index in [-0.39, 0.29) is 0 Å². The molecular formula is C10H10. The molecule has 0 radical (unpaired) electrons. The van der Waals surface area contributed by atoms with Gasteiger partial charge in [0.2, 0.25) is 0 Å². The Morgan fingerprint density at radius 3 is 2.20 bits per heavy atom. The summed E-state index contributed by atoms with van der Waals surface area (Å²) in [6.45, 7) is 11.2. The van der Waals surface area contributed by atoms with Crippen LogP contribution in [-0.2, 0) is 0 Å². The van der Waals surface area contributed by atoms with E-state index in [1.807, 2.05) is 18.2 Å². The van der Waals surface area contributed by atoms with E-state index < -0.39 is 0 Å². The van der Waals surface area contributed by atoms with Gasteiger partial charge in [-0.3, -0.25) is 0 Å². The topological polar surface area (TPSA) is 0 Å². The third-order valence-electron chi connectivity index (χ3n) is 1.55. The van der Waals surface area contributed by atoms with Crippen LogP contribution in [0.5, 0.6) is 0 Å². The summed E-state index contributed by atoms with van der Waals surface area (Å²) in [5.74, 6) is 0. The fourth-order valence-electron chi connectivity index (χ4n) is 0.982. The van der Waals surface area contributed by atoms with Crippen LogP contribution >= 0.6 is 0 Å². The van der Waals surface area contributed by atoms with Crippen molar-refractivity contribution in [2.24, 2.45) is 0 Å². The monoisotopic (exact) mass is 130 g/mol. The molecule has 0 aromatic rings. The van der Waals surface area contributed by atoms with Crippen molar-refractivity contribution >= 4 is 0 Å². The number of rotatable bonds is 2. The van der Waals surface area contributed by atoms with E-state index in [1.165, 1.54) is 0 Å². The molecular weight excluding hydrogens is 120 g/mol. The summed E-state index contributed by atoms with van der Waals surface area (Å²) in [6, 6.07) is 0. The Hall–Kier alpha value is -1.30. The Morgan fingerprint density at radius 1 is 1.10 bits per heavy atom. The molecule has 0 amide bonds. The average molecular weight is 130 g/mol. The van der Waals surface area contributed by atoms with E-state index in [0.717, 1.165) is 16.7 Å². The predicted octanol–water partition coefficient (Wildman–Crippen LogP) is 2.78. The van der Waals surface area contributed by atoms with Crippen LogP contribution in [0.3, 0.4) is 0 Å². The van der Waals surface area contributed by atoms with Crippen LogP contribution in [0.1, 0.15) is 0 Å². The van der Waals surface area contributed by atoms with Gasteiger partial charge in [-0.25, -0.2) is 0 Å². The maximum Gasteiger partial charge on any atom is -0.0123 e. The Kier molecular flexibility index (Phi) is 1.72. The molecule has 0 saturated carbocycles. The minimum absolute atomic E-state index is 1.02. The van der Waals surface area contributed by atoms with Gasteiger partial charge < -0.3 is 0 Å². The molecule has 0 N–H and O–H groups in total. The number of hydrogen-bond acceptors (Lipinski definition) is 0. The van der Waals surface area contributed by atoms with E-state index in [4.69, 9.17) is 0 Å². The van der Waals surface area contributed by atoms with Gasteiger partial charge in [0.1, 0.15) is 0 Å². The van der Waals surface area contributed by atoms with Crippen LogP contribution < -0.4 is 0 Å². The molecule has 0 fully saturated rings. The van der Waals surface area contributed by atoms with Crippen LogP contribution in [0.4, 0.5) is 0 Å². The summed E-state index contributed by atoms with van der Waals surface area (Å²) in [6.07, 6.45) is 7.57. The van der Waals surface area contributed by atoms with E-state index in [2.05, 4.69) is 19.7 Å². The fourth-order valence-corrected chi connectivity index (χ4v) is 0.982. The lowest BCUT2D eigenvalue weighted by Crippen LogP contribution is -1.76. The highest BCUT2D eigenvalue weighted by atomic mass is 14.1. The van der Waals surface area contributed by atoms with Crippen molar-refractivity contribution in [2.75, 3.05) is 0 Å². The van der Waals surface area contributed by atoms with Crippen molar-refractivity contribution < 1.29 is 0 Å². The number of allylic oxidation sites excluding steroid dienone is 7. The molecule has 10 heavy (non-hydrogen) atoms. The summed E-state index contributed by atoms with van der Waals surface area (Å²) >= 11 is 0. The van der Waals surface area contributed by atoms with Crippen LogP contribution in [-0.4, -0.2) is 0 Å². The maximum absolute atomic E-state index is 3.84. The van der Waals surface area contributed by atoms with Crippen LogP contribution in [0, 0.1) is 0 Å². The first kappa shape index (κ1) is 6.81. The lowest BCUT2D eigenvalue weighted by atomic mass is 10.1. The summed E-state index contributed by atoms with van der Waals surface area (Å²) < 4.78 is 0. The second-order valence-corrected chi connectivity index (χ2v) is 2.14. The Morgan fingerprint density at radius 2 is 1.80 bits per heavy atom. The molecule has 0 spiro atoms. The molecule has 1 aliphatic rings. The van der Waals surface area contributed by atoms with Gasteiger partial charge in [-0.05, 0) is 16.7 Å². The lowest BCUT2D eigenvalue weighted by molar-refractivity contribution is 1.59. The first-order valence-electron chi connectivity index (χ1n) is 3.16. The Bertz CT molecular complexity index is 239. The summed E-state index contributed by atoms with van der Waals surface area (Å²) in [4.78, 5) is 0. The van der Waals surface area contributed by atoms with Crippen molar-refractivity contribution in [1.29, 1.82) is 0 Å². The van der Waals surface area contributed by atoms with Gasteiger partial charge in [-0.15, -0.1) is 0 Å². The molecule has 50 valence electrons. The summed E-state index contributed by atoms with van der Waals surface area (Å²) in [7, 11) is 0. The third kappa shape index (κ3) is 0.883. The summed E-state index contributed by atoms with van der Waals surface area (Å²) in [5.41, 5.74) is 3.22. The van der Waals surface area contributed by atoms with E-state index in [9.17, 15) is 0 Å². The van der Waals surface area contributed by atoms with Crippen molar-refractivity contribution in [3.05, 3.63) is 60.8 Å². The summed E-state index contributed by atoms with van der Waals surface area (Å²) in [5, 5.41) is 0. The molecule has 0 bridgehead atoms. The van der Waals surface area contributed by atoms with Gasteiger partial charge in [0.15, 0.2) is 0 Å². The van der Waals surface area contributed by atoms with E-state index in [1.54, 1.807) is 6.08 Å². The molecule has 0 aromatic heterocycles. The van der Waals surface area contributed by atoms with Crippen molar-refractivity contribution in [1.82, 2.24) is 0 Å². The van der Waals surface area contributed by atoms with Gasteiger partial charge >= 0.3 is 0 Å². The van der Waals surface area contributed by atoms with Gasteiger partial charge in [0.25, 0.3) is 0 Å². The standard InChI is InChI=1S/C10H10/c1-4-9-7-6-8(3)10(9)5-2/h4-7H,1-3H2. The average Bonchev–Trinajstić information content (AvgIpc) is 2.30. The Labute approximate surface area is 61.6 Å². The van der Waals surface area contributed by atoms with Crippen molar-refractivity contribution in [3.63, 3.8) is 0 Å². The molecule has 0 heterocycles. The minimum atomic E-state index is 1.02. The van der Waals surface area contributed by atoms with Gasteiger partial charge in [-0.1, -0.05) is 44.0 Å². The van der Waals surface area contributed by atoms with E-state index >= 15 is 0 Å². The zero-order valence-corrected chi connectivity index (χ0v) is 5.93. The molecule has 0 atom stereocenters. The maximum atomic E-state index is 3.84. The van der Waals surface area contributed by atoms with Gasteiger partial charge in [0, 0.05) is 0 Å². The van der Waals surface area contributed by atoms with Crippen LogP contribution in [0.2, 0.25) is 0 Å². The first-order valence-corrected chi connectivity index (χ1v) is 3.16. The van der Waals surface area contributed by atoms with E-state index in [0.29, 0.717) is 0 Å². The van der Waals surface area contributed by atoms with Gasteiger partial charge in [-0.2, -0.15) is 0 Å². The third-order valence-corrected chi connectivity index (χ3v) is 1.55. The lowest BCUT2D eigenvalue weighted by Gasteiger charge is -1.95. The number of hydrogen-bond donors (Lipinski definition) is 0. The van der Waals surface area contributed by atoms with Crippen molar-refractivity contribution in [3.8, 4) is 0 Å². The second-order valence-electron chi connectivity index (χ2n) is 2.14. The normalized spacial score (nSPS) is 16.2. The first-order chi connectivity index (χ1) is 4.79. The fraction of sp³-hybridized carbons (Fsp3) is 0. The zero-order valence-electron chi connectivity index (χ0n) is 5.93. The largest absolute Gasteiger partial charge is 0.0984 e. The smallest absolute Gasteiger partial charge is 0.0123 e. The molecule has 1 rings (SSSR count). The zero-order chi connectivity index (χ0) is 7.56. The molecule has 0 saturated heterocycles.